The van der Waals surface area contributed by atoms with Crippen LogP contribution in [0, 0.1) is 5.92 Å². The highest BCUT2D eigenvalue weighted by atomic mass is 35.5. The maximum Gasteiger partial charge on any atom is 0.416 e. The number of rotatable bonds is 7. The summed E-state index contributed by atoms with van der Waals surface area (Å²) in [4.78, 5) is 24.0. The van der Waals surface area contributed by atoms with Gasteiger partial charge in [-0.05, 0) is 62.4 Å². The van der Waals surface area contributed by atoms with Gasteiger partial charge in [0, 0.05) is 37.6 Å². The van der Waals surface area contributed by atoms with Crippen LogP contribution >= 0.6 is 11.6 Å². The summed E-state index contributed by atoms with van der Waals surface area (Å²) in [7, 11) is 1.73. The van der Waals surface area contributed by atoms with Gasteiger partial charge in [0.1, 0.15) is 5.75 Å². The lowest BCUT2D eigenvalue weighted by molar-refractivity contribution is 0.0482. The summed E-state index contributed by atoms with van der Waals surface area (Å²) in [6.45, 7) is 3.83. The van der Waals surface area contributed by atoms with Gasteiger partial charge in [-0.2, -0.15) is 0 Å². The quantitative estimate of drug-likeness (QED) is 0.661. The smallest absolute Gasteiger partial charge is 0.416 e. The van der Waals surface area contributed by atoms with Crippen LogP contribution in [-0.4, -0.2) is 58.6 Å². The molecule has 1 aromatic carbocycles. The number of likely N-dealkylation sites (tertiary alicyclic amines) is 1. The van der Waals surface area contributed by atoms with Crippen LogP contribution in [0.15, 0.2) is 36.8 Å². The van der Waals surface area contributed by atoms with Gasteiger partial charge >= 0.3 is 6.09 Å². The van der Waals surface area contributed by atoms with E-state index in [4.69, 9.17) is 21.1 Å². The molecule has 1 aliphatic carbocycles. The Kier molecular flexibility index (Phi) is 6.69. The first-order valence-corrected chi connectivity index (χ1v) is 10.8. The molecule has 0 atom stereocenters. The summed E-state index contributed by atoms with van der Waals surface area (Å²) >= 11 is 6.48. The summed E-state index contributed by atoms with van der Waals surface area (Å²) < 4.78 is 11.3. The average Bonchev–Trinajstić information content (AvgIpc) is 3.22. The van der Waals surface area contributed by atoms with Gasteiger partial charge < -0.3 is 14.4 Å². The molecule has 7 nitrogen and oxygen atoms in total. The lowest BCUT2D eigenvalue weighted by Crippen LogP contribution is -2.42. The average molecular weight is 431 g/mol. The third-order valence-electron chi connectivity index (χ3n) is 5.69. The molecule has 2 aromatic rings. The van der Waals surface area contributed by atoms with E-state index in [1.807, 2.05) is 12.1 Å². The number of benzene rings is 1. The number of halogens is 1. The predicted octanol–water partition coefficient (Wildman–Crippen LogP) is 4.01. The Bertz CT molecular complexity index is 855. The van der Waals surface area contributed by atoms with E-state index in [9.17, 15) is 4.79 Å². The molecule has 30 heavy (non-hydrogen) atoms. The highest BCUT2D eigenvalue weighted by Crippen LogP contribution is 2.33. The summed E-state index contributed by atoms with van der Waals surface area (Å²) in [6, 6.07) is 6.00. The lowest BCUT2D eigenvalue weighted by atomic mass is 9.82. The van der Waals surface area contributed by atoms with Crippen LogP contribution in [0.1, 0.15) is 31.2 Å². The Labute approximate surface area is 182 Å². The summed E-state index contributed by atoms with van der Waals surface area (Å²) in [5.41, 5.74) is 1.15. The van der Waals surface area contributed by atoms with E-state index >= 15 is 0 Å². The summed E-state index contributed by atoms with van der Waals surface area (Å²) in [5.74, 6) is 1.40. The van der Waals surface area contributed by atoms with Gasteiger partial charge in [-0.25, -0.2) is 9.78 Å². The van der Waals surface area contributed by atoms with Crippen molar-refractivity contribution in [3.63, 3.8) is 0 Å². The van der Waals surface area contributed by atoms with Crippen LogP contribution in [0.4, 0.5) is 4.79 Å². The zero-order chi connectivity index (χ0) is 20.9. The fraction of sp³-hybridized carbons (Fsp3) is 0.500. The number of carbonyl (C=O) groups excluding carboxylic acids is 1. The largest absolute Gasteiger partial charge is 0.490 e. The highest BCUT2D eigenvalue weighted by Gasteiger charge is 2.33. The molecule has 160 valence electrons. The second-order valence-corrected chi connectivity index (χ2v) is 8.51. The summed E-state index contributed by atoms with van der Waals surface area (Å²) in [6.07, 6.45) is 8.50. The number of hydrogen-bond acceptors (Lipinski definition) is 6. The van der Waals surface area contributed by atoms with Gasteiger partial charge in [0.05, 0.1) is 12.3 Å². The molecule has 2 heterocycles. The SMILES string of the molecule is CN(CC1CC(Oc2ccc(CN3CCCC3)c(Cl)c2)C1)C(=O)Oc1cnccn1. The molecule has 1 amide bonds. The van der Waals surface area contributed by atoms with E-state index < -0.39 is 6.09 Å². The maximum absolute atomic E-state index is 12.1. The molecule has 2 aliphatic rings. The molecular weight excluding hydrogens is 404 g/mol. The van der Waals surface area contributed by atoms with E-state index in [0.29, 0.717) is 12.5 Å². The van der Waals surface area contributed by atoms with Crippen LogP contribution in [0.25, 0.3) is 0 Å². The third-order valence-corrected chi connectivity index (χ3v) is 6.04. The maximum atomic E-state index is 12.1. The topological polar surface area (TPSA) is 67.8 Å². The van der Waals surface area contributed by atoms with Gasteiger partial charge in [0.25, 0.3) is 0 Å². The van der Waals surface area contributed by atoms with Gasteiger partial charge in [-0.15, -0.1) is 0 Å². The number of nitrogens with zero attached hydrogens (tertiary/aromatic N) is 4. The molecular formula is C22H27ClN4O3. The normalized spacial score (nSPS) is 21.1. The second-order valence-electron chi connectivity index (χ2n) is 8.11. The minimum atomic E-state index is -0.430. The molecule has 0 radical (unpaired) electrons. The minimum Gasteiger partial charge on any atom is -0.490 e. The van der Waals surface area contributed by atoms with Crippen molar-refractivity contribution in [1.29, 1.82) is 0 Å². The van der Waals surface area contributed by atoms with Crippen molar-refractivity contribution in [2.24, 2.45) is 5.92 Å². The third kappa shape index (κ3) is 5.40. The Hall–Kier alpha value is -2.38. The minimum absolute atomic E-state index is 0.153. The highest BCUT2D eigenvalue weighted by molar-refractivity contribution is 6.31. The van der Waals surface area contributed by atoms with Crippen LogP contribution in [0.5, 0.6) is 11.6 Å². The van der Waals surface area contributed by atoms with Crippen molar-refractivity contribution in [3.8, 4) is 11.6 Å². The first-order chi connectivity index (χ1) is 14.6. The van der Waals surface area contributed by atoms with Crippen molar-refractivity contribution in [1.82, 2.24) is 19.8 Å². The molecule has 0 bridgehead atoms. The monoisotopic (exact) mass is 430 g/mol. The van der Waals surface area contributed by atoms with Gasteiger partial charge in [-0.1, -0.05) is 17.7 Å². The molecule has 1 aliphatic heterocycles. The summed E-state index contributed by atoms with van der Waals surface area (Å²) in [5, 5.41) is 0.766. The molecule has 2 fully saturated rings. The fourth-order valence-corrected chi connectivity index (χ4v) is 4.22. The van der Waals surface area contributed by atoms with Crippen LogP contribution in [0.2, 0.25) is 5.02 Å². The number of aromatic nitrogens is 2. The Balaban J connectivity index is 1.20. The van der Waals surface area contributed by atoms with E-state index in [2.05, 4.69) is 20.9 Å². The van der Waals surface area contributed by atoms with Crippen molar-refractivity contribution in [2.45, 2.75) is 38.3 Å². The number of ether oxygens (including phenoxy) is 2. The van der Waals surface area contributed by atoms with Gasteiger partial charge in [0.15, 0.2) is 0 Å². The first-order valence-electron chi connectivity index (χ1n) is 10.4. The van der Waals surface area contributed by atoms with Gasteiger partial charge in [0.2, 0.25) is 5.88 Å². The molecule has 8 heteroatoms. The van der Waals surface area contributed by atoms with Gasteiger partial charge in [-0.3, -0.25) is 9.88 Å². The molecule has 0 spiro atoms. The van der Waals surface area contributed by atoms with E-state index in [1.54, 1.807) is 11.9 Å². The standard InChI is InChI=1S/C22H27ClN4O3/c1-26(22(28)30-21-13-24-6-7-25-21)14-16-10-19(11-16)29-18-5-4-17(20(23)12-18)15-27-8-2-3-9-27/h4-7,12-13,16,19H,2-3,8-11,14-15H2,1H3. The van der Waals surface area contributed by atoms with Crippen LogP contribution < -0.4 is 9.47 Å². The van der Waals surface area contributed by atoms with Crippen LogP contribution in [0.3, 0.4) is 0 Å². The van der Waals surface area contributed by atoms with Crippen molar-refractivity contribution in [3.05, 3.63) is 47.4 Å². The predicted molar refractivity (Wildman–Crippen MR) is 114 cm³/mol. The molecule has 4 rings (SSSR count). The fourth-order valence-electron chi connectivity index (χ4n) is 3.99. The van der Waals surface area contributed by atoms with E-state index in [-0.39, 0.29) is 12.0 Å². The lowest BCUT2D eigenvalue weighted by Gasteiger charge is -2.37. The van der Waals surface area contributed by atoms with E-state index in [0.717, 1.165) is 48.8 Å². The van der Waals surface area contributed by atoms with Crippen molar-refractivity contribution in [2.75, 3.05) is 26.7 Å². The zero-order valence-corrected chi connectivity index (χ0v) is 17.9. The Morgan fingerprint density at radius 3 is 2.77 bits per heavy atom. The molecule has 1 saturated carbocycles. The number of carbonyl (C=O) groups is 1. The Morgan fingerprint density at radius 2 is 2.07 bits per heavy atom. The molecule has 0 unspecified atom stereocenters. The second kappa shape index (κ2) is 9.62. The Morgan fingerprint density at radius 1 is 1.27 bits per heavy atom. The molecule has 1 aromatic heterocycles. The first kappa shape index (κ1) is 20.9. The molecule has 0 N–H and O–H groups in total. The van der Waals surface area contributed by atoms with Crippen LogP contribution in [-0.2, 0) is 6.54 Å². The van der Waals surface area contributed by atoms with E-state index in [1.165, 1.54) is 31.4 Å². The molecule has 1 saturated heterocycles. The zero-order valence-electron chi connectivity index (χ0n) is 17.2. The van der Waals surface area contributed by atoms with Crippen molar-refractivity contribution >= 4 is 17.7 Å². The number of hydrogen-bond donors (Lipinski definition) is 0. The number of amides is 1. The van der Waals surface area contributed by atoms with Crippen molar-refractivity contribution < 1.29 is 14.3 Å².